The normalized spacial score (nSPS) is 16.0. The second-order valence-electron chi connectivity index (χ2n) is 6.41. The Kier molecular flexibility index (Phi) is 7.21. The first kappa shape index (κ1) is 18.4. The monoisotopic (exact) mass is 332 g/mol. The van der Waals surface area contributed by atoms with Gasteiger partial charge in [0.15, 0.2) is 0 Å². The van der Waals surface area contributed by atoms with Crippen LogP contribution in [0.2, 0.25) is 0 Å². The number of hydrogen-bond acceptors (Lipinski definition) is 4. The summed E-state index contributed by atoms with van der Waals surface area (Å²) in [5, 5.41) is 5.99. The van der Waals surface area contributed by atoms with Gasteiger partial charge < -0.3 is 16.4 Å². The van der Waals surface area contributed by atoms with E-state index in [2.05, 4.69) is 21.6 Å². The predicted octanol–water partition coefficient (Wildman–Crippen LogP) is 1.32. The lowest BCUT2D eigenvalue weighted by Crippen LogP contribution is -2.38. The van der Waals surface area contributed by atoms with Gasteiger partial charge in [-0.05, 0) is 63.6 Å². The highest BCUT2D eigenvalue weighted by atomic mass is 16.2. The van der Waals surface area contributed by atoms with Crippen LogP contribution >= 0.6 is 0 Å². The number of piperidine rings is 1. The van der Waals surface area contributed by atoms with Gasteiger partial charge in [0.2, 0.25) is 11.8 Å². The van der Waals surface area contributed by atoms with E-state index in [-0.39, 0.29) is 17.7 Å². The molecule has 0 aromatic heterocycles. The third-order valence-electron chi connectivity index (χ3n) is 4.44. The summed E-state index contributed by atoms with van der Waals surface area (Å²) < 4.78 is 0. The third kappa shape index (κ3) is 5.94. The molecule has 1 aromatic carbocycles. The van der Waals surface area contributed by atoms with Crippen molar-refractivity contribution in [1.29, 1.82) is 0 Å². The summed E-state index contributed by atoms with van der Waals surface area (Å²) in [5.41, 5.74) is 7.38. The first-order valence-corrected chi connectivity index (χ1v) is 8.63. The van der Waals surface area contributed by atoms with Gasteiger partial charge in [-0.15, -0.1) is 0 Å². The maximum absolute atomic E-state index is 11.9. The van der Waals surface area contributed by atoms with Crippen LogP contribution in [-0.4, -0.2) is 43.4 Å². The maximum Gasteiger partial charge on any atom is 0.224 e. The lowest BCUT2D eigenvalue weighted by Gasteiger charge is -2.30. The molecule has 6 nitrogen and oxygen atoms in total. The molecule has 0 atom stereocenters. The van der Waals surface area contributed by atoms with E-state index in [9.17, 15) is 9.59 Å². The van der Waals surface area contributed by atoms with Gasteiger partial charge in [-0.1, -0.05) is 12.1 Å². The number of nitrogens with two attached hydrogens (primary N) is 1. The van der Waals surface area contributed by atoms with Gasteiger partial charge in [-0.2, -0.15) is 0 Å². The molecule has 2 rings (SSSR count). The lowest BCUT2D eigenvalue weighted by molar-refractivity contribution is -0.123. The van der Waals surface area contributed by atoms with Crippen molar-refractivity contribution in [2.24, 2.45) is 11.7 Å². The summed E-state index contributed by atoms with van der Waals surface area (Å²) >= 11 is 0. The number of amides is 2. The second-order valence-corrected chi connectivity index (χ2v) is 6.41. The number of nitrogens with one attached hydrogen (secondary N) is 2. The van der Waals surface area contributed by atoms with Crippen LogP contribution in [0.1, 0.15) is 31.2 Å². The SMILES string of the molecule is CNCCCC(=O)Nc1cccc(CN2CCC(C(N)=O)CC2)c1. The standard InChI is InChI=1S/C18H28N4O2/c1-20-9-3-6-17(23)21-16-5-2-4-14(12-16)13-22-10-7-15(8-11-22)18(19)24/h2,4-5,12,15,20H,3,6-11,13H2,1H3,(H2,19,24)(H,21,23). The summed E-state index contributed by atoms with van der Waals surface area (Å²) in [6.45, 7) is 3.44. The van der Waals surface area contributed by atoms with E-state index >= 15 is 0 Å². The van der Waals surface area contributed by atoms with E-state index in [4.69, 9.17) is 5.73 Å². The fraction of sp³-hybridized carbons (Fsp3) is 0.556. The highest BCUT2D eigenvalue weighted by Crippen LogP contribution is 2.20. The lowest BCUT2D eigenvalue weighted by atomic mass is 9.96. The molecule has 24 heavy (non-hydrogen) atoms. The molecule has 132 valence electrons. The fourth-order valence-electron chi connectivity index (χ4n) is 3.03. The molecule has 2 amide bonds. The van der Waals surface area contributed by atoms with Crippen molar-refractivity contribution in [2.45, 2.75) is 32.2 Å². The highest BCUT2D eigenvalue weighted by Gasteiger charge is 2.22. The number of primary amides is 1. The zero-order chi connectivity index (χ0) is 17.4. The Labute approximate surface area is 143 Å². The van der Waals surface area contributed by atoms with E-state index in [1.807, 2.05) is 25.2 Å². The average molecular weight is 332 g/mol. The highest BCUT2D eigenvalue weighted by molar-refractivity contribution is 5.90. The largest absolute Gasteiger partial charge is 0.369 e. The number of hydrogen-bond donors (Lipinski definition) is 3. The number of likely N-dealkylation sites (tertiary alicyclic amines) is 1. The molecule has 1 aromatic rings. The molecule has 1 fully saturated rings. The average Bonchev–Trinajstić information content (AvgIpc) is 2.56. The van der Waals surface area contributed by atoms with Gasteiger partial charge in [0.25, 0.3) is 0 Å². The summed E-state index contributed by atoms with van der Waals surface area (Å²) in [7, 11) is 1.88. The van der Waals surface area contributed by atoms with Gasteiger partial charge in [0, 0.05) is 24.6 Å². The number of carbonyl (C=O) groups is 2. The van der Waals surface area contributed by atoms with Gasteiger partial charge in [0.1, 0.15) is 0 Å². The molecule has 1 heterocycles. The number of carbonyl (C=O) groups excluding carboxylic acids is 2. The Hall–Kier alpha value is -1.92. The third-order valence-corrected chi connectivity index (χ3v) is 4.44. The van der Waals surface area contributed by atoms with E-state index < -0.39 is 0 Å². The molecular weight excluding hydrogens is 304 g/mol. The molecule has 6 heteroatoms. The van der Waals surface area contributed by atoms with Crippen molar-refractivity contribution in [1.82, 2.24) is 10.2 Å². The van der Waals surface area contributed by atoms with Crippen molar-refractivity contribution in [3.05, 3.63) is 29.8 Å². The van der Waals surface area contributed by atoms with Gasteiger partial charge in [-0.3, -0.25) is 14.5 Å². The van der Waals surface area contributed by atoms with Crippen molar-refractivity contribution in [3.8, 4) is 0 Å². The Balaban J connectivity index is 1.82. The first-order valence-electron chi connectivity index (χ1n) is 8.63. The molecule has 0 saturated carbocycles. The molecule has 0 bridgehead atoms. The molecule has 1 aliphatic rings. The fourth-order valence-corrected chi connectivity index (χ4v) is 3.03. The predicted molar refractivity (Wildman–Crippen MR) is 95.4 cm³/mol. The van der Waals surface area contributed by atoms with E-state index in [0.29, 0.717) is 6.42 Å². The molecule has 0 aliphatic carbocycles. The van der Waals surface area contributed by atoms with Crippen molar-refractivity contribution < 1.29 is 9.59 Å². The quantitative estimate of drug-likeness (QED) is 0.627. The number of nitrogens with zero attached hydrogens (tertiary/aromatic N) is 1. The van der Waals surface area contributed by atoms with E-state index in [0.717, 1.165) is 51.1 Å². The van der Waals surface area contributed by atoms with Gasteiger partial charge >= 0.3 is 0 Å². The topological polar surface area (TPSA) is 87.5 Å². The minimum Gasteiger partial charge on any atom is -0.369 e. The smallest absolute Gasteiger partial charge is 0.224 e. The summed E-state index contributed by atoms with van der Waals surface area (Å²) in [6.07, 6.45) is 3.01. The molecule has 0 spiro atoms. The zero-order valence-corrected chi connectivity index (χ0v) is 14.4. The molecule has 1 saturated heterocycles. The van der Waals surface area contributed by atoms with Crippen LogP contribution < -0.4 is 16.4 Å². The molecule has 0 unspecified atom stereocenters. The van der Waals surface area contributed by atoms with Crippen LogP contribution in [0.5, 0.6) is 0 Å². The van der Waals surface area contributed by atoms with Crippen LogP contribution in [0.25, 0.3) is 0 Å². The van der Waals surface area contributed by atoms with Gasteiger partial charge in [0.05, 0.1) is 0 Å². The van der Waals surface area contributed by atoms with E-state index in [1.54, 1.807) is 0 Å². The van der Waals surface area contributed by atoms with Crippen molar-refractivity contribution >= 4 is 17.5 Å². The van der Waals surface area contributed by atoms with Crippen molar-refractivity contribution in [3.63, 3.8) is 0 Å². The summed E-state index contributed by atoms with van der Waals surface area (Å²) in [4.78, 5) is 25.4. The molecule has 4 N–H and O–H groups in total. The van der Waals surface area contributed by atoms with Crippen LogP contribution in [0.4, 0.5) is 5.69 Å². The molecular formula is C18H28N4O2. The first-order chi connectivity index (χ1) is 11.6. The zero-order valence-electron chi connectivity index (χ0n) is 14.4. The number of anilines is 1. The van der Waals surface area contributed by atoms with Crippen LogP contribution in [0, 0.1) is 5.92 Å². The number of benzene rings is 1. The molecule has 0 radical (unpaired) electrons. The van der Waals surface area contributed by atoms with Crippen LogP contribution in [0.3, 0.4) is 0 Å². The minimum absolute atomic E-state index is 0.0180. The number of rotatable bonds is 8. The van der Waals surface area contributed by atoms with E-state index in [1.165, 1.54) is 5.56 Å². The van der Waals surface area contributed by atoms with Crippen molar-refractivity contribution in [2.75, 3.05) is 32.0 Å². The Morgan fingerprint density at radius 3 is 2.71 bits per heavy atom. The van der Waals surface area contributed by atoms with Crippen LogP contribution in [0.15, 0.2) is 24.3 Å². The summed E-state index contributed by atoms with van der Waals surface area (Å²) in [5.74, 6) is -0.119. The maximum atomic E-state index is 11.9. The van der Waals surface area contributed by atoms with Gasteiger partial charge in [-0.25, -0.2) is 0 Å². The Bertz CT molecular complexity index is 554. The van der Waals surface area contributed by atoms with Crippen LogP contribution in [-0.2, 0) is 16.1 Å². The Morgan fingerprint density at radius 1 is 1.29 bits per heavy atom. The second kappa shape index (κ2) is 9.39. The Morgan fingerprint density at radius 2 is 2.04 bits per heavy atom. The summed E-state index contributed by atoms with van der Waals surface area (Å²) in [6, 6.07) is 7.97. The molecule has 1 aliphatic heterocycles. The minimum atomic E-state index is -0.183.